The van der Waals surface area contributed by atoms with E-state index in [9.17, 15) is 8.42 Å². The Bertz CT molecular complexity index is 515. The Labute approximate surface area is 107 Å². The van der Waals surface area contributed by atoms with Crippen LogP contribution in [0.2, 0.25) is 5.02 Å². The zero-order valence-electron chi connectivity index (χ0n) is 9.74. The maximum absolute atomic E-state index is 11.5. The third-order valence-electron chi connectivity index (χ3n) is 3.17. The van der Waals surface area contributed by atoms with Gasteiger partial charge in [-0.3, -0.25) is 0 Å². The first-order valence-electron chi connectivity index (χ1n) is 5.59. The second-order valence-corrected chi connectivity index (χ2v) is 7.44. The fraction of sp³-hybridized carbons (Fsp3) is 0.500. The molecule has 94 valence electrons. The lowest BCUT2D eigenvalue weighted by atomic mass is 10.0. The van der Waals surface area contributed by atoms with Gasteiger partial charge in [0.1, 0.15) is 0 Å². The van der Waals surface area contributed by atoms with Crippen LogP contribution in [-0.4, -0.2) is 25.5 Å². The van der Waals surface area contributed by atoms with Crippen LogP contribution in [0.25, 0.3) is 0 Å². The quantitative estimate of drug-likeness (QED) is 0.916. The molecule has 1 aromatic rings. The van der Waals surface area contributed by atoms with Gasteiger partial charge in [-0.2, -0.15) is 0 Å². The van der Waals surface area contributed by atoms with Crippen molar-refractivity contribution >= 4 is 21.4 Å². The van der Waals surface area contributed by atoms with Crippen molar-refractivity contribution in [2.24, 2.45) is 0 Å². The normalized spacial score (nSPS) is 27.2. The van der Waals surface area contributed by atoms with Crippen LogP contribution >= 0.6 is 11.6 Å². The number of nitrogens with one attached hydrogen (secondary N) is 1. The number of rotatable bonds is 3. The second kappa shape index (κ2) is 4.59. The van der Waals surface area contributed by atoms with E-state index < -0.39 is 9.84 Å². The molecule has 1 fully saturated rings. The SMILES string of the molecule is C[C@]1(NCc2ccccc2Cl)CCS(=O)(=O)C1. The number of benzene rings is 1. The van der Waals surface area contributed by atoms with Crippen LogP contribution in [0, 0.1) is 0 Å². The van der Waals surface area contributed by atoms with Crippen LogP contribution in [0.4, 0.5) is 0 Å². The standard InChI is InChI=1S/C12H16ClNO2S/c1-12(6-7-17(15,16)9-12)14-8-10-4-2-3-5-11(10)13/h2-5,14H,6-9H2,1H3/t12-/m0/s1. The highest BCUT2D eigenvalue weighted by atomic mass is 35.5. The van der Waals surface area contributed by atoms with Crippen LogP contribution in [0.5, 0.6) is 0 Å². The molecule has 0 amide bonds. The Morgan fingerprint density at radius 3 is 2.71 bits per heavy atom. The lowest BCUT2D eigenvalue weighted by Crippen LogP contribution is -2.42. The van der Waals surface area contributed by atoms with Crippen molar-refractivity contribution in [1.82, 2.24) is 5.32 Å². The molecule has 0 aromatic heterocycles. The molecule has 0 bridgehead atoms. The molecule has 5 heteroatoms. The Kier molecular flexibility index (Phi) is 3.48. The summed E-state index contributed by atoms with van der Waals surface area (Å²) in [5.74, 6) is 0.490. The fourth-order valence-electron chi connectivity index (χ4n) is 2.10. The van der Waals surface area contributed by atoms with E-state index in [1.807, 2.05) is 31.2 Å². The van der Waals surface area contributed by atoms with E-state index in [0.717, 1.165) is 5.56 Å². The molecule has 3 nitrogen and oxygen atoms in total. The molecule has 1 aromatic carbocycles. The van der Waals surface area contributed by atoms with Gasteiger partial charge in [-0.1, -0.05) is 29.8 Å². The molecular formula is C12H16ClNO2S. The molecule has 0 saturated carbocycles. The van der Waals surface area contributed by atoms with Gasteiger partial charge in [-0.05, 0) is 25.0 Å². The molecule has 2 rings (SSSR count). The maximum atomic E-state index is 11.5. The largest absolute Gasteiger partial charge is 0.306 e. The summed E-state index contributed by atoms with van der Waals surface area (Å²) in [6.45, 7) is 2.56. The Morgan fingerprint density at radius 2 is 2.12 bits per heavy atom. The van der Waals surface area contributed by atoms with E-state index >= 15 is 0 Å². The van der Waals surface area contributed by atoms with E-state index in [0.29, 0.717) is 18.0 Å². The number of halogens is 1. The van der Waals surface area contributed by atoms with Crippen LogP contribution in [0.15, 0.2) is 24.3 Å². The molecule has 1 atom stereocenters. The highest BCUT2D eigenvalue weighted by Crippen LogP contribution is 2.24. The monoisotopic (exact) mass is 273 g/mol. The fourth-order valence-corrected chi connectivity index (χ4v) is 4.43. The Hall–Kier alpha value is -0.580. The lowest BCUT2D eigenvalue weighted by molar-refractivity contribution is 0.395. The highest BCUT2D eigenvalue weighted by Gasteiger charge is 2.37. The minimum Gasteiger partial charge on any atom is -0.306 e. The van der Waals surface area contributed by atoms with E-state index in [1.54, 1.807) is 0 Å². The van der Waals surface area contributed by atoms with Crippen molar-refractivity contribution in [2.75, 3.05) is 11.5 Å². The first-order valence-corrected chi connectivity index (χ1v) is 7.79. The molecule has 0 spiro atoms. The number of sulfone groups is 1. The number of hydrogen-bond acceptors (Lipinski definition) is 3. The summed E-state index contributed by atoms with van der Waals surface area (Å²) in [6.07, 6.45) is 0.666. The maximum Gasteiger partial charge on any atom is 0.152 e. The zero-order chi connectivity index (χ0) is 12.5. The topological polar surface area (TPSA) is 46.2 Å². The molecule has 0 radical (unpaired) electrons. The van der Waals surface area contributed by atoms with Crippen LogP contribution in [0.1, 0.15) is 18.9 Å². The second-order valence-electron chi connectivity index (χ2n) is 4.85. The van der Waals surface area contributed by atoms with Gasteiger partial charge >= 0.3 is 0 Å². The van der Waals surface area contributed by atoms with Gasteiger partial charge in [-0.15, -0.1) is 0 Å². The van der Waals surface area contributed by atoms with Gasteiger partial charge < -0.3 is 5.32 Å². The third kappa shape index (κ3) is 3.21. The van der Waals surface area contributed by atoms with Crippen LogP contribution in [-0.2, 0) is 16.4 Å². The van der Waals surface area contributed by atoms with Gasteiger partial charge in [0.15, 0.2) is 9.84 Å². The molecule has 0 aliphatic carbocycles. The van der Waals surface area contributed by atoms with E-state index in [-0.39, 0.29) is 17.0 Å². The van der Waals surface area contributed by atoms with Gasteiger partial charge in [0, 0.05) is 17.1 Å². The Morgan fingerprint density at radius 1 is 1.41 bits per heavy atom. The van der Waals surface area contributed by atoms with Crippen LogP contribution < -0.4 is 5.32 Å². The molecule has 1 aliphatic heterocycles. The summed E-state index contributed by atoms with van der Waals surface area (Å²) in [7, 11) is -2.86. The van der Waals surface area contributed by atoms with Gasteiger partial charge in [0.25, 0.3) is 0 Å². The summed E-state index contributed by atoms with van der Waals surface area (Å²) >= 11 is 6.05. The minimum absolute atomic E-state index is 0.213. The average Bonchev–Trinajstić information content (AvgIpc) is 2.53. The first kappa shape index (κ1) is 12.9. The van der Waals surface area contributed by atoms with Gasteiger partial charge in [0.05, 0.1) is 11.5 Å². The summed E-state index contributed by atoms with van der Waals surface area (Å²) < 4.78 is 22.9. The predicted molar refractivity (Wildman–Crippen MR) is 70.0 cm³/mol. The average molecular weight is 274 g/mol. The molecule has 1 saturated heterocycles. The highest BCUT2D eigenvalue weighted by molar-refractivity contribution is 7.91. The Balaban J connectivity index is 2.02. The van der Waals surface area contributed by atoms with Crippen LogP contribution in [0.3, 0.4) is 0 Å². The smallest absolute Gasteiger partial charge is 0.152 e. The summed E-state index contributed by atoms with van der Waals surface area (Å²) in [4.78, 5) is 0. The van der Waals surface area contributed by atoms with E-state index in [4.69, 9.17) is 11.6 Å². The summed E-state index contributed by atoms with van der Waals surface area (Å²) in [6, 6.07) is 7.60. The van der Waals surface area contributed by atoms with Crippen molar-refractivity contribution in [3.8, 4) is 0 Å². The molecule has 1 N–H and O–H groups in total. The van der Waals surface area contributed by atoms with Crippen molar-refractivity contribution in [1.29, 1.82) is 0 Å². The van der Waals surface area contributed by atoms with Crippen molar-refractivity contribution in [3.63, 3.8) is 0 Å². The summed E-state index contributed by atoms with van der Waals surface area (Å²) in [5, 5.41) is 4.02. The van der Waals surface area contributed by atoms with Gasteiger partial charge in [0.2, 0.25) is 0 Å². The summed E-state index contributed by atoms with van der Waals surface area (Å²) in [5.41, 5.74) is 0.678. The first-order chi connectivity index (χ1) is 7.90. The molecule has 17 heavy (non-hydrogen) atoms. The van der Waals surface area contributed by atoms with Crippen molar-refractivity contribution in [2.45, 2.75) is 25.4 Å². The van der Waals surface area contributed by atoms with Crippen molar-refractivity contribution in [3.05, 3.63) is 34.9 Å². The minimum atomic E-state index is -2.86. The predicted octanol–water partition coefficient (Wildman–Crippen LogP) is 2.01. The van der Waals surface area contributed by atoms with E-state index in [2.05, 4.69) is 5.32 Å². The molecular weight excluding hydrogens is 258 g/mol. The van der Waals surface area contributed by atoms with E-state index in [1.165, 1.54) is 0 Å². The number of hydrogen-bond donors (Lipinski definition) is 1. The molecule has 0 unspecified atom stereocenters. The van der Waals surface area contributed by atoms with Crippen molar-refractivity contribution < 1.29 is 8.42 Å². The molecule has 1 aliphatic rings. The van der Waals surface area contributed by atoms with Gasteiger partial charge in [-0.25, -0.2) is 8.42 Å². The third-order valence-corrected chi connectivity index (χ3v) is 5.44. The zero-order valence-corrected chi connectivity index (χ0v) is 11.3. The molecule has 1 heterocycles. The lowest BCUT2D eigenvalue weighted by Gasteiger charge is -2.24.